The molecule has 2 N–H and O–H groups in total. The van der Waals surface area contributed by atoms with Gasteiger partial charge in [0.1, 0.15) is 0 Å². The predicted octanol–water partition coefficient (Wildman–Crippen LogP) is 0.696. The number of hydrogen-bond acceptors (Lipinski definition) is 3. The van der Waals surface area contributed by atoms with Crippen LogP contribution >= 0.6 is 11.6 Å². The highest BCUT2D eigenvalue weighted by atomic mass is 35.5. The van der Waals surface area contributed by atoms with Crippen LogP contribution in [0.25, 0.3) is 0 Å². The Kier molecular flexibility index (Phi) is 5.97. The molecule has 0 radical (unpaired) electrons. The lowest BCUT2D eigenvalue weighted by molar-refractivity contribution is -0.131. The molecule has 1 aromatic carbocycles. The largest absolute Gasteiger partial charge is 0.395 e. The molecule has 0 heterocycles. The summed E-state index contributed by atoms with van der Waals surface area (Å²) in [4.78, 5) is 13.3. The molecule has 0 saturated heterocycles. The molecule has 0 bridgehead atoms. The molecule has 0 fully saturated rings. The van der Waals surface area contributed by atoms with Gasteiger partial charge in [-0.05, 0) is 11.6 Å². The molecular formula is C12H16ClNO3. The van der Waals surface area contributed by atoms with Crippen LogP contribution in [0.15, 0.2) is 24.3 Å². The Hall–Kier alpha value is -1.10. The smallest absolute Gasteiger partial charge is 0.227 e. The second-order valence-corrected chi connectivity index (χ2v) is 4.00. The normalized spacial score (nSPS) is 10.3. The number of rotatable bonds is 6. The molecule has 1 aromatic rings. The van der Waals surface area contributed by atoms with E-state index in [1.807, 2.05) is 6.07 Å². The molecule has 4 nitrogen and oxygen atoms in total. The van der Waals surface area contributed by atoms with Crippen LogP contribution in [-0.2, 0) is 11.2 Å². The first kappa shape index (κ1) is 14.0. The van der Waals surface area contributed by atoms with Gasteiger partial charge in [-0.2, -0.15) is 0 Å². The fourth-order valence-electron chi connectivity index (χ4n) is 1.52. The van der Waals surface area contributed by atoms with Crippen molar-refractivity contribution in [3.8, 4) is 0 Å². The lowest BCUT2D eigenvalue weighted by Crippen LogP contribution is -2.36. The van der Waals surface area contributed by atoms with Gasteiger partial charge in [0.05, 0.1) is 19.6 Å². The molecule has 0 aromatic heterocycles. The fraction of sp³-hybridized carbons (Fsp3) is 0.417. The molecule has 0 aliphatic carbocycles. The zero-order chi connectivity index (χ0) is 12.7. The molecule has 94 valence electrons. The zero-order valence-corrected chi connectivity index (χ0v) is 10.2. The first-order chi connectivity index (χ1) is 8.19. The molecule has 0 unspecified atom stereocenters. The number of benzene rings is 1. The summed E-state index contributed by atoms with van der Waals surface area (Å²) >= 11 is 5.96. The van der Waals surface area contributed by atoms with Crippen molar-refractivity contribution in [2.24, 2.45) is 0 Å². The van der Waals surface area contributed by atoms with Gasteiger partial charge >= 0.3 is 0 Å². The lowest BCUT2D eigenvalue weighted by Gasteiger charge is -2.20. The van der Waals surface area contributed by atoms with Gasteiger partial charge in [0.15, 0.2) is 0 Å². The van der Waals surface area contributed by atoms with E-state index in [9.17, 15) is 4.79 Å². The van der Waals surface area contributed by atoms with E-state index in [1.165, 1.54) is 4.90 Å². The Morgan fingerprint density at radius 3 is 2.29 bits per heavy atom. The van der Waals surface area contributed by atoms with Crippen LogP contribution < -0.4 is 0 Å². The summed E-state index contributed by atoms with van der Waals surface area (Å²) in [6.45, 7) is 0.218. The Morgan fingerprint density at radius 2 is 1.76 bits per heavy atom. The predicted molar refractivity (Wildman–Crippen MR) is 65.9 cm³/mol. The van der Waals surface area contributed by atoms with E-state index in [1.54, 1.807) is 18.2 Å². The van der Waals surface area contributed by atoms with Crippen molar-refractivity contribution in [1.29, 1.82) is 0 Å². The third-order valence-electron chi connectivity index (χ3n) is 2.39. The van der Waals surface area contributed by atoms with Crippen molar-refractivity contribution >= 4 is 17.5 Å². The zero-order valence-electron chi connectivity index (χ0n) is 9.47. The number of amides is 1. The first-order valence-corrected chi connectivity index (χ1v) is 5.79. The molecular weight excluding hydrogens is 242 g/mol. The summed E-state index contributed by atoms with van der Waals surface area (Å²) in [6, 6.07) is 7.13. The van der Waals surface area contributed by atoms with Crippen molar-refractivity contribution in [3.05, 3.63) is 34.9 Å². The molecule has 5 heteroatoms. The van der Waals surface area contributed by atoms with Crippen LogP contribution in [-0.4, -0.2) is 47.3 Å². The minimum absolute atomic E-state index is 0.117. The van der Waals surface area contributed by atoms with Crippen LogP contribution in [0.4, 0.5) is 0 Å². The maximum atomic E-state index is 11.9. The quantitative estimate of drug-likeness (QED) is 0.789. The lowest BCUT2D eigenvalue weighted by atomic mass is 10.1. The summed E-state index contributed by atoms with van der Waals surface area (Å²) in [7, 11) is 0. The number of carbonyl (C=O) groups is 1. The van der Waals surface area contributed by atoms with Gasteiger partial charge in [-0.3, -0.25) is 4.79 Å². The minimum Gasteiger partial charge on any atom is -0.395 e. The van der Waals surface area contributed by atoms with E-state index in [4.69, 9.17) is 21.8 Å². The third kappa shape index (κ3) is 4.34. The highest BCUT2D eigenvalue weighted by Gasteiger charge is 2.14. The highest BCUT2D eigenvalue weighted by Crippen LogP contribution is 2.16. The third-order valence-corrected chi connectivity index (χ3v) is 2.76. The molecule has 17 heavy (non-hydrogen) atoms. The van der Waals surface area contributed by atoms with Crippen LogP contribution in [0.1, 0.15) is 5.56 Å². The second kappa shape index (κ2) is 7.27. The van der Waals surface area contributed by atoms with Gasteiger partial charge in [0, 0.05) is 18.1 Å². The van der Waals surface area contributed by atoms with Gasteiger partial charge in [0.25, 0.3) is 0 Å². The molecule has 0 saturated carbocycles. The molecule has 1 amide bonds. The Morgan fingerprint density at radius 1 is 1.18 bits per heavy atom. The van der Waals surface area contributed by atoms with E-state index in [0.717, 1.165) is 5.56 Å². The number of aliphatic hydroxyl groups is 2. The van der Waals surface area contributed by atoms with E-state index in [-0.39, 0.29) is 38.6 Å². The van der Waals surface area contributed by atoms with Gasteiger partial charge in [-0.15, -0.1) is 0 Å². The van der Waals surface area contributed by atoms with E-state index in [2.05, 4.69) is 0 Å². The van der Waals surface area contributed by atoms with Crippen LogP contribution in [0.5, 0.6) is 0 Å². The van der Waals surface area contributed by atoms with Crippen LogP contribution in [0.3, 0.4) is 0 Å². The number of carbonyl (C=O) groups excluding carboxylic acids is 1. The van der Waals surface area contributed by atoms with E-state index >= 15 is 0 Å². The van der Waals surface area contributed by atoms with Crippen molar-refractivity contribution in [2.45, 2.75) is 6.42 Å². The summed E-state index contributed by atoms with van der Waals surface area (Å²) in [6.07, 6.45) is 0.180. The van der Waals surface area contributed by atoms with Gasteiger partial charge < -0.3 is 15.1 Å². The fourth-order valence-corrected chi connectivity index (χ4v) is 1.72. The summed E-state index contributed by atoms with van der Waals surface area (Å²) in [5.41, 5.74) is 0.750. The molecule has 0 aliphatic heterocycles. The van der Waals surface area contributed by atoms with Gasteiger partial charge in [0.2, 0.25) is 5.91 Å². The average Bonchev–Trinajstić information content (AvgIpc) is 2.32. The average molecular weight is 258 g/mol. The Balaban J connectivity index is 2.66. The number of nitrogens with zero attached hydrogens (tertiary/aromatic N) is 1. The Bertz CT molecular complexity index is 365. The number of aliphatic hydroxyl groups excluding tert-OH is 2. The van der Waals surface area contributed by atoms with E-state index < -0.39 is 0 Å². The van der Waals surface area contributed by atoms with E-state index in [0.29, 0.717) is 5.02 Å². The monoisotopic (exact) mass is 257 g/mol. The summed E-state index contributed by atoms with van der Waals surface area (Å²) < 4.78 is 0. The molecule has 0 aliphatic rings. The molecule has 1 rings (SSSR count). The number of halogens is 1. The van der Waals surface area contributed by atoms with Gasteiger partial charge in [-0.1, -0.05) is 29.8 Å². The maximum absolute atomic E-state index is 11.9. The first-order valence-electron chi connectivity index (χ1n) is 5.42. The van der Waals surface area contributed by atoms with Crippen molar-refractivity contribution in [1.82, 2.24) is 4.90 Å². The standard InChI is InChI=1S/C12H16ClNO3/c13-11-4-2-1-3-10(11)9-12(17)14(5-7-15)6-8-16/h1-4,15-16H,5-9H2. The number of hydrogen-bond donors (Lipinski definition) is 2. The minimum atomic E-state index is -0.152. The van der Waals surface area contributed by atoms with Crippen molar-refractivity contribution < 1.29 is 15.0 Å². The van der Waals surface area contributed by atoms with Crippen LogP contribution in [0.2, 0.25) is 5.02 Å². The highest BCUT2D eigenvalue weighted by molar-refractivity contribution is 6.31. The summed E-state index contributed by atoms with van der Waals surface area (Å²) in [5, 5.41) is 18.2. The van der Waals surface area contributed by atoms with Crippen molar-refractivity contribution in [3.63, 3.8) is 0 Å². The maximum Gasteiger partial charge on any atom is 0.227 e. The topological polar surface area (TPSA) is 60.8 Å². The van der Waals surface area contributed by atoms with Gasteiger partial charge in [-0.25, -0.2) is 0 Å². The Labute approximate surface area is 105 Å². The summed E-state index contributed by atoms with van der Waals surface area (Å²) in [5.74, 6) is -0.152. The van der Waals surface area contributed by atoms with Crippen LogP contribution in [0, 0.1) is 0 Å². The molecule has 0 spiro atoms. The molecule has 0 atom stereocenters. The van der Waals surface area contributed by atoms with Crippen molar-refractivity contribution in [2.75, 3.05) is 26.3 Å². The SMILES string of the molecule is O=C(Cc1ccccc1Cl)N(CCO)CCO. The second-order valence-electron chi connectivity index (χ2n) is 3.60.